The maximum atomic E-state index is 5.93. The SMILES string of the molecule is CC(C)=CCN(C)CC(C)c1cccc(Oc2ccccc2)c1.Cl. The van der Waals surface area contributed by atoms with E-state index in [1.54, 1.807) is 0 Å². The average Bonchev–Trinajstić information content (AvgIpc) is 2.54. The van der Waals surface area contributed by atoms with E-state index in [0.29, 0.717) is 5.92 Å². The van der Waals surface area contributed by atoms with Crippen LogP contribution < -0.4 is 4.74 Å². The van der Waals surface area contributed by atoms with Gasteiger partial charge in [-0.1, -0.05) is 48.9 Å². The standard InChI is InChI=1S/C21H27NO.ClH/c1-17(2)13-14-22(4)16-18(3)19-9-8-12-21(15-19)23-20-10-6-5-7-11-20;/h5-13,15,18H,14,16H2,1-4H3;1H. The van der Waals surface area contributed by atoms with Gasteiger partial charge in [0, 0.05) is 13.1 Å². The summed E-state index contributed by atoms with van der Waals surface area (Å²) in [5.74, 6) is 2.23. The molecule has 0 heterocycles. The molecule has 2 aromatic carbocycles. The van der Waals surface area contributed by atoms with Crippen molar-refractivity contribution in [2.75, 3.05) is 20.1 Å². The van der Waals surface area contributed by atoms with Crippen LogP contribution in [0.5, 0.6) is 11.5 Å². The summed E-state index contributed by atoms with van der Waals surface area (Å²) in [5, 5.41) is 0. The molecule has 0 radical (unpaired) electrons. The fraction of sp³-hybridized carbons (Fsp3) is 0.333. The van der Waals surface area contributed by atoms with Crippen LogP contribution in [0.3, 0.4) is 0 Å². The van der Waals surface area contributed by atoms with Gasteiger partial charge in [-0.15, -0.1) is 12.4 Å². The molecule has 24 heavy (non-hydrogen) atoms. The zero-order valence-electron chi connectivity index (χ0n) is 15.0. The van der Waals surface area contributed by atoms with Crippen molar-refractivity contribution in [2.45, 2.75) is 26.7 Å². The summed E-state index contributed by atoms with van der Waals surface area (Å²) in [5.41, 5.74) is 2.67. The number of nitrogens with zero attached hydrogens (tertiary/aromatic N) is 1. The van der Waals surface area contributed by atoms with Crippen LogP contribution in [0.4, 0.5) is 0 Å². The van der Waals surface area contributed by atoms with E-state index in [2.05, 4.69) is 57.0 Å². The van der Waals surface area contributed by atoms with Gasteiger partial charge in [-0.3, -0.25) is 0 Å². The molecule has 0 aliphatic heterocycles. The van der Waals surface area contributed by atoms with Gasteiger partial charge in [0.25, 0.3) is 0 Å². The Labute approximate surface area is 152 Å². The highest BCUT2D eigenvalue weighted by molar-refractivity contribution is 5.85. The van der Waals surface area contributed by atoms with Crippen LogP contribution in [0, 0.1) is 0 Å². The van der Waals surface area contributed by atoms with E-state index in [1.165, 1.54) is 11.1 Å². The van der Waals surface area contributed by atoms with Gasteiger partial charge in [-0.05, 0) is 56.6 Å². The molecule has 0 N–H and O–H groups in total. The largest absolute Gasteiger partial charge is 0.457 e. The molecule has 3 heteroatoms. The van der Waals surface area contributed by atoms with Gasteiger partial charge in [0.15, 0.2) is 0 Å². The first kappa shape index (κ1) is 20.3. The molecule has 0 fully saturated rings. The molecule has 2 rings (SSSR count). The topological polar surface area (TPSA) is 12.5 Å². The molecular weight excluding hydrogens is 318 g/mol. The summed E-state index contributed by atoms with van der Waals surface area (Å²) < 4.78 is 5.93. The van der Waals surface area contributed by atoms with Crippen molar-refractivity contribution >= 4 is 12.4 Å². The third kappa shape index (κ3) is 6.77. The number of allylic oxidation sites excluding steroid dienone is 1. The van der Waals surface area contributed by atoms with Gasteiger partial charge < -0.3 is 9.64 Å². The molecule has 0 amide bonds. The van der Waals surface area contributed by atoms with Crippen molar-refractivity contribution in [3.63, 3.8) is 0 Å². The Morgan fingerprint density at radius 2 is 1.71 bits per heavy atom. The Balaban J connectivity index is 0.00000288. The zero-order chi connectivity index (χ0) is 16.7. The molecule has 0 saturated heterocycles. The molecule has 0 saturated carbocycles. The molecule has 1 unspecified atom stereocenters. The second-order valence-electron chi connectivity index (χ2n) is 6.39. The molecule has 2 aromatic rings. The lowest BCUT2D eigenvalue weighted by atomic mass is 10.0. The van der Waals surface area contributed by atoms with Crippen LogP contribution in [0.25, 0.3) is 0 Å². The molecule has 130 valence electrons. The lowest BCUT2D eigenvalue weighted by molar-refractivity contribution is 0.348. The Bertz CT molecular complexity index is 635. The summed E-state index contributed by atoms with van der Waals surface area (Å²) in [7, 11) is 2.17. The van der Waals surface area contributed by atoms with Crippen LogP contribution in [-0.2, 0) is 0 Å². The van der Waals surface area contributed by atoms with E-state index in [1.807, 2.05) is 36.4 Å². The molecule has 0 bridgehead atoms. The Morgan fingerprint density at radius 1 is 1.04 bits per heavy atom. The van der Waals surface area contributed by atoms with Gasteiger partial charge in [0.05, 0.1) is 0 Å². The lowest BCUT2D eigenvalue weighted by Gasteiger charge is -2.21. The summed E-state index contributed by atoms with van der Waals surface area (Å²) in [6.07, 6.45) is 2.27. The van der Waals surface area contributed by atoms with Crippen LogP contribution in [0.2, 0.25) is 0 Å². The van der Waals surface area contributed by atoms with Crippen LogP contribution >= 0.6 is 12.4 Å². The highest BCUT2D eigenvalue weighted by atomic mass is 35.5. The normalized spacial score (nSPS) is 11.5. The fourth-order valence-corrected chi connectivity index (χ4v) is 2.50. The monoisotopic (exact) mass is 345 g/mol. The van der Waals surface area contributed by atoms with Crippen molar-refractivity contribution < 1.29 is 4.74 Å². The smallest absolute Gasteiger partial charge is 0.127 e. The van der Waals surface area contributed by atoms with Crippen LogP contribution in [-0.4, -0.2) is 25.0 Å². The average molecular weight is 346 g/mol. The van der Waals surface area contributed by atoms with Crippen LogP contribution in [0.1, 0.15) is 32.3 Å². The number of hydrogen-bond donors (Lipinski definition) is 0. The van der Waals surface area contributed by atoms with E-state index in [4.69, 9.17) is 4.74 Å². The van der Waals surface area contributed by atoms with Gasteiger partial charge in [-0.25, -0.2) is 0 Å². The number of benzene rings is 2. The number of hydrogen-bond acceptors (Lipinski definition) is 2. The van der Waals surface area contributed by atoms with Crippen LogP contribution in [0.15, 0.2) is 66.2 Å². The second-order valence-corrected chi connectivity index (χ2v) is 6.39. The number of likely N-dealkylation sites (N-methyl/N-ethyl adjacent to an activating group) is 1. The molecule has 1 atom stereocenters. The Kier molecular flexibility index (Phi) is 8.59. The molecule has 2 nitrogen and oxygen atoms in total. The van der Waals surface area contributed by atoms with Crippen molar-refractivity contribution in [3.8, 4) is 11.5 Å². The highest BCUT2D eigenvalue weighted by Crippen LogP contribution is 2.25. The Hall–Kier alpha value is -1.77. The van der Waals surface area contributed by atoms with E-state index in [9.17, 15) is 0 Å². The summed E-state index contributed by atoms with van der Waals surface area (Å²) >= 11 is 0. The molecule has 0 aliphatic carbocycles. The zero-order valence-corrected chi connectivity index (χ0v) is 15.8. The quantitative estimate of drug-likeness (QED) is 0.579. The predicted octanol–water partition coefficient (Wildman–Crippen LogP) is 5.90. The van der Waals surface area contributed by atoms with Crippen molar-refractivity contribution in [3.05, 3.63) is 71.8 Å². The summed E-state index contributed by atoms with van der Waals surface area (Å²) in [6.45, 7) is 8.56. The molecule has 0 aliphatic rings. The van der Waals surface area contributed by atoms with Gasteiger partial charge >= 0.3 is 0 Å². The maximum absolute atomic E-state index is 5.93. The van der Waals surface area contributed by atoms with Gasteiger partial charge in [-0.2, -0.15) is 0 Å². The summed E-state index contributed by atoms with van der Waals surface area (Å²) in [6, 6.07) is 18.3. The number of para-hydroxylation sites is 1. The van der Waals surface area contributed by atoms with Gasteiger partial charge in [0.1, 0.15) is 11.5 Å². The summed E-state index contributed by atoms with van der Waals surface area (Å²) in [4.78, 5) is 2.35. The number of rotatable bonds is 7. The predicted molar refractivity (Wildman–Crippen MR) is 106 cm³/mol. The van der Waals surface area contributed by atoms with E-state index < -0.39 is 0 Å². The third-order valence-corrected chi connectivity index (χ3v) is 3.80. The fourth-order valence-electron chi connectivity index (χ4n) is 2.50. The molecule has 0 spiro atoms. The lowest BCUT2D eigenvalue weighted by Crippen LogP contribution is -2.23. The number of halogens is 1. The first-order chi connectivity index (χ1) is 11.0. The van der Waals surface area contributed by atoms with E-state index in [-0.39, 0.29) is 12.4 Å². The molecular formula is C21H28ClNO. The van der Waals surface area contributed by atoms with Crippen molar-refractivity contribution in [1.82, 2.24) is 4.90 Å². The highest BCUT2D eigenvalue weighted by Gasteiger charge is 2.09. The maximum Gasteiger partial charge on any atom is 0.127 e. The Morgan fingerprint density at radius 3 is 2.38 bits per heavy atom. The minimum Gasteiger partial charge on any atom is -0.457 e. The van der Waals surface area contributed by atoms with Crippen molar-refractivity contribution in [2.24, 2.45) is 0 Å². The number of ether oxygens (including phenoxy) is 1. The first-order valence-corrected chi connectivity index (χ1v) is 8.19. The first-order valence-electron chi connectivity index (χ1n) is 8.19. The minimum absolute atomic E-state index is 0. The van der Waals surface area contributed by atoms with Gasteiger partial charge in [0.2, 0.25) is 0 Å². The van der Waals surface area contributed by atoms with E-state index in [0.717, 1.165) is 24.6 Å². The van der Waals surface area contributed by atoms with Crippen molar-refractivity contribution in [1.29, 1.82) is 0 Å². The second kappa shape index (κ2) is 10.2. The van der Waals surface area contributed by atoms with E-state index >= 15 is 0 Å². The molecule has 0 aromatic heterocycles. The third-order valence-electron chi connectivity index (χ3n) is 3.80. The minimum atomic E-state index is 0.